The average Bonchev–Trinajstić information content (AvgIpc) is 3.16. The second kappa shape index (κ2) is 11.4. The molecule has 7 heteroatoms. The van der Waals surface area contributed by atoms with E-state index in [1.165, 1.54) is 67.8 Å². The molecule has 1 saturated carbocycles. The van der Waals surface area contributed by atoms with E-state index in [0.29, 0.717) is 24.9 Å². The topological polar surface area (TPSA) is 62.2 Å². The number of fused-ring (bicyclic) bond motifs is 5. The van der Waals surface area contributed by atoms with Crippen molar-refractivity contribution in [1.82, 2.24) is 9.47 Å². The summed E-state index contributed by atoms with van der Waals surface area (Å²) in [6.07, 6.45) is 9.60. The van der Waals surface area contributed by atoms with Crippen molar-refractivity contribution in [3.63, 3.8) is 0 Å². The number of hydrogen-bond donors (Lipinski definition) is 0. The van der Waals surface area contributed by atoms with Gasteiger partial charge in [0.2, 0.25) is 0 Å². The maximum atomic E-state index is 12.8. The van der Waals surface area contributed by atoms with E-state index in [0.717, 1.165) is 49.4 Å². The fourth-order valence-corrected chi connectivity index (χ4v) is 6.54. The Morgan fingerprint density at radius 1 is 1.00 bits per heavy atom. The molecule has 38 heavy (non-hydrogen) atoms. The van der Waals surface area contributed by atoms with Crippen molar-refractivity contribution in [3.8, 4) is 22.8 Å². The Morgan fingerprint density at radius 2 is 1.82 bits per heavy atom. The van der Waals surface area contributed by atoms with Crippen LogP contribution in [-0.2, 0) is 27.7 Å². The maximum Gasteiger partial charge on any atom is 0.260 e. The molecule has 0 unspecified atom stereocenters. The van der Waals surface area contributed by atoms with E-state index in [4.69, 9.17) is 19.2 Å². The van der Waals surface area contributed by atoms with Gasteiger partial charge in [-0.1, -0.05) is 37.5 Å². The summed E-state index contributed by atoms with van der Waals surface area (Å²) in [5.41, 5.74) is 6.00. The van der Waals surface area contributed by atoms with Crippen LogP contribution in [0.2, 0.25) is 0 Å². The van der Waals surface area contributed by atoms with Gasteiger partial charge in [0.05, 0.1) is 19.3 Å². The highest BCUT2D eigenvalue weighted by Crippen LogP contribution is 2.49. The van der Waals surface area contributed by atoms with Crippen molar-refractivity contribution in [2.24, 2.45) is 0 Å². The lowest BCUT2D eigenvalue weighted by Crippen LogP contribution is -2.38. The Kier molecular flexibility index (Phi) is 7.56. The number of amides is 1. The number of rotatable bonds is 7. The molecular formula is C31H38N2O5. The minimum absolute atomic E-state index is 0.0428. The first kappa shape index (κ1) is 25.3. The monoisotopic (exact) mass is 518 g/mol. The van der Waals surface area contributed by atoms with Gasteiger partial charge in [0.1, 0.15) is 13.2 Å². The molecule has 1 aliphatic carbocycles. The normalized spacial score (nSPS) is 18.0. The van der Waals surface area contributed by atoms with Crippen LogP contribution in [0.15, 0.2) is 36.4 Å². The summed E-state index contributed by atoms with van der Waals surface area (Å²) in [4.78, 5) is 24.9. The molecule has 2 aliphatic heterocycles. The van der Waals surface area contributed by atoms with Gasteiger partial charge in [0, 0.05) is 29.6 Å². The third kappa shape index (κ3) is 4.90. The van der Waals surface area contributed by atoms with E-state index in [2.05, 4.69) is 28.8 Å². The quantitative estimate of drug-likeness (QED) is 0.275. The predicted octanol–water partition coefficient (Wildman–Crippen LogP) is 6.22. The Balaban J connectivity index is 1.41. The molecule has 2 aromatic carbocycles. The highest BCUT2D eigenvalue weighted by Gasteiger charge is 2.30. The molecule has 7 nitrogen and oxygen atoms in total. The van der Waals surface area contributed by atoms with Crippen molar-refractivity contribution < 1.29 is 24.0 Å². The van der Waals surface area contributed by atoms with Crippen LogP contribution in [0, 0.1) is 0 Å². The molecule has 6 rings (SSSR count). The van der Waals surface area contributed by atoms with Crippen LogP contribution in [0.1, 0.15) is 68.4 Å². The minimum Gasteiger partial charge on any atom is -0.487 e. The highest BCUT2D eigenvalue weighted by molar-refractivity contribution is 5.94. The first-order chi connectivity index (χ1) is 18.7. The van der Waals surface area contributed by atoms with Crippen molar-refractivity contribution in [2.45, 2.75) is 70.4 Å². The third-order valence-electron chi connectivity index (χ3n) is 8.38. The fraction of sp³-hybridized carbons (Fsp3) is 0.516. The molecule has 1 saturated heterocycles. The highest BCUT2D eigenvalue weighted by atomic mass is 17.2. The number of carbonyl (C=O) groups is 1. The van der Waals surface area contributed by atoms with Crippen molar-refractivity contribution >= 4 is 16.8 Å². The number of benzene rings is 2. The molecule has 0 N–H and O–H groups in total. The summed E-state index contributed by atoms with van der Waals surface area (Å²) >= 11 is 0. The number of piperidine rings is 1. The zero-order valence-electron chi connectivity index (χ0n) is 22.4. The van der Waals surface area contributed by atoms with E-state index in [9.17, 15) is 4.79 Å². The van der Waals surface area contributed by atoms with Crippen LogP contribution in [0.5, 0.6) is 11.5 Å². The predicted molar refractivity (Wildman–Crippen MR) is 146 cm³/mol. The van der Waals surface area contributed by atoms with Crippen molar-refractivity contribution in [2.75, 3.05) is 33.4 Å². The fourth-order valence-electron chi connectivity index (χ4n) is 6.54. The van der Waals surface area contributed by atoms with Gasteiger partial charge in [-0.3, -0.25) is 4.79 Å². The van der Waals surface area contributed by atoms with Crippen molar-refractivity contribution in [1.29, 1.82) is 0 Å². The summed E-state index contributed by atoms with van der Waals surface area (Å²) in [7, 11) is 1.54. The van der Waals surface area contributed by atoms with Gasteiger partial charge in [-0.15, -0.1) is 0 Å². The smallest absolute Gasteiger partial charge is 0.260 e. The molecular weight excluding hydrogens is 480 g/mol. The number of likely N-dealkylation sites (tertiary alicyclic amines) is 1. The molecule has 0 bridgehead atoms. The van der Waals surface area contributed by atoms with Crippen LogP contribution in [0.25, 0.3) is 22.2 Å². The van der Waals surface area contributed by atoms with E-state index in [1.54, 1.807) is 0 Å². The van der Waals surface area contributed by atoms with Crippen LogP contribution >= 0.6 is 0 Å². The Labute approximate surface area is 224 Å². The number of carbonyl (C=O) groups excluding carboxylic acids is 1. The van der Waals surface area contributed by atoms with Crippen LogP contribution in [0.3, 0.4) is 0 Å². The lowest BCUT2D eigenvalue weighted by atomic mass is 9.81. The summed E-state index contributed by atoms with van der Waals surface area (Å²) in [6.45, 7) is 3.38. The zero-order chi connectivity index (χ0) is 25.9. The summed E-state index contributed by atoms with van der Waals surface area (Å²) in [5.74, 6) is 1.97. The number of para-hydroxylation sites is 1. The van der Waals surface area contributed by atoms with Gasteiger partial charge >= 0.3 is 0 Å². The number of ether oxygens (including phenoxy) is 2. The Morgan fingerprint density at radius 3 is 2.63 bits per heavy atom. The standard InChI is InChI=1S/C31H38N2O5/c1-35-38-20-22-13-14-24-26(19-22)33-17-18-36-31-25(30(33)29(24)23-9-4-2-5-10-23)11-8-12-27(31)37-21-28(34)32-15-6-3-7-16-32/h8,11-14,19,23H,2-7,9-10,15-18,20-21H2,1H3. The second-order valence-corrected chi connectivity index (χ2v) is 10.7. The molecule has 3 heterocycles. The Bertz CT molecular complexity index is 1290. The SMILES string of the molecule is COOCc1ccc2c(C3CCCCC3)c3n(c2c1)CCOc1c(OCC(=O)N2CCCCC2)cccc1-3. The van der Waals surface area contributed by atoms with E-state index >= 15 is 0 Å². The first-order valence-corrected chi connectivity index (χ1v) is 14.2. The molecule has 202 valence electrons. The molecule has 1 aromatic heterocycles. The van der Waals surface area contributed by atoms with Gasteiger partial charge in [-0.2, -0.15) is 0 Å². The van der Waals surface area contributed by atoms with Gasteiger partial charge < -0.3 is 18.9 Å². The molecule has 0 spiro atoms. The lowest BCUT2D eigenvalue weighted by Gasteiger charge is -2.27. The first-order valence-electron chi connectivity index (χ1n) is 14.2. The number of nitrogens with zero attached hydrogens (tertiary/aromatic N) is 2. The van der Waals surface area contributed by atoms with E-state index in [1.807, 2.05) is 17.0 Å². The van der Waals surface area contributed by atoms with E-state index in [-0.39, 0.29) is 12.5 Å². The van der Waals surface area contributed by atoms with Gasteiger partial charge in [0.15, 0.2) is 18.1 Å². The van der Waals surface area contributed by atoms with Crippen LogP contribution in [-0.4, -0.2) is 48.8 Å². The summed E-state index contributed by atoms with van der Waals surface area (Å²) in [6, 6.07) is 12.7. The van der Waals surface area contributed by atoms with E-state index < -0.39 is 0 Å². The van der Waals surface area contributed by atoms with Crippen LogP contribution < -0.4 is 9.47 Å². The number of hydrogen-bond acceptors (Lipinski definition) is 5. The maximum absolute atomic E-state index is 12.8. The lowest BCUT2D eigenvalue weighted by molar-refractivity contribution is -0.282. The van der Waals surface area contributed by atoms with Crippen LogP contribution in [0.4, 0.5) is 0 Å². The van der Waals surface area contributed by atoms with Gasteiger partial charge in [-0.05, 0) is 67.3 Å². The molecule has 3 aliphatic rings. The Hall–Kier alpha value is -3.03. The molecule has 0 radical (unpaired) electrons. The molecule has 3 aromatic rings. The van der Waals surface area contributed by atoms with Gasteiger partial charge in [-0.25, -0.2) is 9.78 Å². The minimum atomic E-state index is 0.0428. The molecule has 1 amide bonds. The zero-order valence-corrected chi connectivity index (χ0v) is 22.4. The largest absolute Gasteiger partial charge is 0.487 e. The van der Waals surface area contributed by atoms with Gasteiger partial charge in [0.25, 0.3) is 5.91 Å². The molecule has 2 fully saturated rings. The average molecular weight is 519 g/mol. The third-order valence-corrected chi connectivity index (χ3v) is 8.38. The summed E-state index contributed by atoms with van der Waals surface area (Å²) < 4.78 is 14.9. The summed E-state index contributed by atoms with van der Waals surface area (Å²) in [5, 5.41) is 1.31. The number of aromatic nitrogens is 1. The second-order valence-electron chi connectivity index (χ2n) is 10.7. The molecule has 0 atom stereocenters. The van der Waals surface area contributed by atoms with Crippen molar-refractivity contribution in [3.05, 3.63) is 47.5 Å².